The van der Waals surface area contributed by atoms with Crippen LogP contribution >= 0.6 is 11.3 Å². The number of carbonyl (C=O) groups excluding carboxylic acids is 1. The number of benzene rings is 3. The first-order chi connectivity index (χ1) is 14.9. The second-order valence-electron chi connectivity index (χ2n) is 8.42. The van der Waals surface area contributed by atoms with Gasteiger partial charge in [-0.3, -0.25) is 9.69 Å². The van der Waals surface area contributed by atoms with E-state index >= 15 is 0 Å². The van der Waals surface area contributed by atoms with Crippen molar-refractivity contribution in [2.24, 2.45) is 0 Å². The van der Waals surface area contributed by atoms with Crippen LogP contribution in [0.4, 0.5) is 5.13 Å². The Balaban J connectivity index is 1.66. The van der Waals surface area contributed by atoms with E-state index < -0.39 is 0 Å². The molecule has 0 saturated heterocycles. The fourth-order valence-electron chi connectivity index (χ4n) is 3.86. The minimum Gasteiger partial charge on any atom is -0.309 e. The number of carbonyl (C=O) groups is 1. The van der Waals surface area contributed by atoms with Crippen LogP contribution in [0.15, 0.2) is 54.6 Å². The zero-order valence-corrected chi connectivity index (χ0v) is 19.5. The molecule has 0 aliphatic rings. The van der Waals surface area contributed by atoms with Gasteiger partial charge in [0.05, 0.1) is 16.6 Å². The second-order valence-corrected chi connectivity index (χ2v) is 9.43. The Morgan fingerprint density at radius 3 is 2.52 bits per heavy atom. The van der Waals surface area contributed by atoms with Crippen molar-refractivity contribution in [1.82, 2.24) is 9.88 Å². The molecule has 0 aliphatic heterocycles. The fraction of sp³-hybridized carbons (Fsp3) is 0.308. The molecule has 5 heteroatoms. The molecule has 1 amide bonds. The first kappa shape index (κ1) is 21.5. The SMILES string of the molecule is Cc1cc2nc(N(CCCN(C)C)C(=O)Cc3cccc4ccccc34)sc2cc1C. The van der Waals surface area contributed by atoms with Gasteiger partial charge in [0.25, 0.3) is 0 Å². The number of aromatic nitrogens is 1. The van der Waals surface area contributed by atoms with Crippen molar-refractivity contribution in [3.05, 3.63) is 71.3 Å². The largest absolute Gasteiger partial charge is 0.309 e. The van der Waals surface area contributed by atoms with Gasteiger partial charge >= 0.3 is 0 Å². The van der Waals surface area contributed by atoms with E-state index in [-0.39, 0.29) is 5.91 Å². The van der Waals surface area contributed by atoms with Crippen LogP contribution in [0.5, 0.6) is 0 Å². The number of hydrogen-bond donors (Lipinski definition) is 0. The van der Waals surface area contributed by atoms with Gasteiger partial charge in [0.15, 0.2) is 5.13 Å². The molecule has 3 aromatic carbocycles. The zero-order chi connectivity index (χ0) is 22.0. The van der Waals surface area contributed by atoms with Crippen molar-refractivity contribution in [1.29, 1.82) is 0 Å². The molecular weight excluding hydrogens is 402 g/mol. The van der Waals surface area contributed by atoms with Crippen LogP contribution in [0.2, 0.25) is 0 Å². The molecule has 1 aromatic heterocycles. The first-order valence-corrected chi connectivity index (χ1v) is 11.5. The van der Waals surface area contributed by atoms with E-state index in [1.54, 1.807) is 11.3 Å². The Labute approximate surface area is 188 Å². The molecule has 0 fully saturated rings. The highest BCUT2D eigenvalue weighted by Gasteiger charge is 2.21. The fourth-order valence-corrected chi connectivity index (χ4v) is 4.95. The van der Waals surface area contributed by atoms with Gasteiger partial charge in [-0.2, -0.15) is 0 Å². The van der Waals surface area contributed by atoms with E-state index in [1.807, 2.05) is 23.1 Å². The summed E-state index contributed by atoms with van der Waals surface area (Å²) in [5.74, 6) is 0.0996. The lowest BCUT2D eigenvalue weighted by Gasteiger charge is -2.21. The third-order valence-electron chi connectivity index (χ3n) is 5.73. The number of aryl methyl sites for hydroxylation is 2. The molecule has 0 atom stereocenters. The van der Waals surface area contributed by atoms with Gasteiger partial charge in [0, 0.05) is 6.54 Å². The van der Waals surface area contributed by atoms with Crippen molar-refractivity contribution in [3.63, 3.8) is 0 Å². The average molecular weight is 432 g/mol. The molecule has 0 aliphatic carbocycles. The highest BCUT2D eigenvalue weighted by atomic mass is 32.1. The minimum atomic E-state index is 0.0996. The summed E-state index contributed by atoms with van der Waals surface area (Å²) in [7, 11) is 4.12. The molecule has 0 unspecified atom stereocenters. The molecule has 4 rings (SSSR count). The maximum absolute atomic E-state index is 13.5. The Morgan fingerprint density at radius 2 is 1.71 bits per heavy atom. The van der Waals surface area contributed by atoms with Crippen LogP contribution in [0.25, 0.3) is 21.0 Å². The number of hydrogen-bond acceptors (Lipinski definition) is 4. The maximum Gasteiger partial charge on any atom is 0.233 e. The molecule has 0 bridgehead atoms. The summed E-state index contributed by atoms with van der Waals surface area (Å²) >= 11 is 1.61. The number of anilines is 1. The second kappa shape index (κ2) is 9.16. The number of rotatable bonds is 7. The summed E-state index contributed by atoms with van der Waals surface area (Å²) in [5, 5.41) is 3.10. The maximum atomic E-state index is 13.5. The first-order valence-electron chi connectivity index (χ1n) is 10.7. The summed E-state index contributed by atoms with van der Waals surface area (Å²) in [6.45, 7) is 5.82. The summed E-state index contributed by atoms with van der Waals surface area (Å²) in [4.78, 5) is 22.4. The summed E-state index contributed by atoms with van der Waals surface area (Å²) in [6, 6.07) is 18.7. The molecule has 160 valence electrons. The van der Waals surface area contributed by atoms with E-state index in [0.717, 1.165) is 44.6 Å². The average Bonchev–Trinajstić information content (AvgIpc) is 3.13. The molecule has 4 nitrogen and oxygen atoms in total. The van der Waals surface area contributed by atoms with Gasteiger partial charge in [-0.15, -0.1) is 0 Å². The molecule has 0 saturated carbocycles. The lowest BCUT2D eigenvalue weighted by Crippen LogP contribution is -2.34. The quantitative estimate of drug-likeness (QED) is 0.382. The van der Waals surface area contributed by atoms with E-state index in [0.29, 0.717) is 13.0 Å². The third kappa shape index (κ3) is 4.78. The normalized spacial score (nSPS) is 11.5. The van der Waals surface area contributed by atoms with Gasteiger partial charge in [-0.1, -0.05) is 53.8 Å². The van der Waals surface area contributed by atoms with Gasteiger partial charge in [0.1, 0.15) is 0 Å². The highest BCUT2D eigenvalue weighted by Crippen LogP contribution is 2.31. The molecule has 0 N–H and O–H groups in total. The summed E-state index contributed by atoms with van der Waals surface area (Å²) < 4.78 is 1.13. The predicted octanol–water partition coefficient (Wildman–Crippen LogP) is 5.59. The van der Waals surface area contributed by atoms with Crippen LogP contribution in [-0.2, 0) is 11.2 Å². The van der Waals surface area contributed by atoms with E-state index in [4.69, 9.17) is 4.98 Å². The van der Waals surface area contributed by atoms with E-state index in [1.165, 1.54) is 11.1 Å². The van der Waals surface area contributed by atoms with Crippen LogP contribution in [0, 0.1) is 13.8 Å². The van der Waals surface area contributed by atoms with Gasteiger partial charge < -0.3 is 4.90 Å². The van der Waals surface area contributed by atoms with Crippen molar-refractivity contribution < 1.29 is 4.79 Å². The lowest BCUT2D eigenvalue weighted by atomic mass is 10.0. The van der Waals surface area contributed by atoms with E-state index in [9.17, 15) is 4.79 Å². The van der Waals surface area contributed by atoms with E-state index in [2.05, 4.69) is 69.2 Å². The predicted molar refractivity (Wildman–Crippen MR) is 132 cm³/mol. The summed E-state index contributed by atoms with van der Waals surface area (Å²) in [6.07, 6.45) is 1.28. The van der Waals surface area contributed by atoms with Crippen molar-refractivity contribution in [2.75, 3.05) is 32.1 Å². The Morgan fingerprint density at radius 1 is 0.968 bits per heavy atom. The van der Waals surface area contributed by atoms with Crippen molar-refractivity contribution in [2.45, 2.75) is 26.7 Å². The van der Waals surface area contributed by atoms with Gasteiger partial charge in [-0.05, 0) is 80.5 Å². The monoisotopic (exact) mass is 431 g/mol. The molecular formula is C26H29N3OS. The zero-order valence-electron chi connectivity index (χ0n) is 18.7. The molecule has 31 heavy (non-hydrogen) atoms. The number of thiazole rings is 1. The van der Waals surface area contributed by atoms with Crippen LogP contribution in [-0.4, -0.2) is 43.0 Å². The van der Waals surface area contributed by atoms with Crippen molar-refractivity contribution >= 4 is 43.4 Å². The Hall–Kier alpha value is -2.76. The third-order valence-corrected chi connectivity index (χ3v) is 6.77. The molecule has 4 aromatic rings. The van der Waals surface area contributed by atoms with Crippen LogP contribution < -0.4 is 4.90 Å². The number of fused-ring (bicyclic) bond motifs is 2. The van der Waals surface area contributed by atoms with Gasteiger partial charge in [0.2, 0.25) is 5.91 Å². The Bertz CT molecular complexity index is 1180. The lowest BCUT2D eigenvalue weighted by molar-refractivity contribution is -0.118. The standard InChI is InChI=1S/C26H29N3OS/c1-18-15-23-24(16-19(18)2)31-26(27-23)29(14-8-13-28(3)4)25(30)17-21-11-7-10-20-9-5-6-12-22(20)21/h5-7,9-12,15-16H,8,13-14,17H2,1-4H3. The molecule has 0 spiro atoms. The molecule has 1 heterocycles. The number of nitrogens with zero attached hydrogens (tertiary/aromatic N) is 3. The number of amides is 1. The Kier molecular flexibility index (Phi) is 6.35. The van der Waals surface area contributed by atoms with Crippen LogP contribution in [0.1, 0.15) is 23.1 Å². The topological polar surface area (TPSA) is 36.4 Å². The summed E-state index contributed by atoms with van der Waals surface area (Å²) in [5.41, 5.74) is 4.52. The highest BCUT2D eigenvalue weighted by molar-refractivity contribution is 7.22. The van der Waals surface area contributed by atoms with Gasteiger partial charge in [-0.25, -0.2) is 4.98 Å². The van der Waals surface area contributed by atoms with Crippen LogP contribution in [0.3, 0.4) is 0 Å². The van der Waals surface area contributed by atoms with Crippen molar-refractivity contribution in [3.8, 4) is 0 Å². The smallest absolute Gasteiger partial charge is 0.233 e. The minimum absolute atomic E-state index is 0.0996. The molecule has 0 radical (unpaired) electrons.